The minimum Gasteiger partial charge on any atom is -0.325 e. The number of rotatable bonds is 6. The fraction of sp³-hybridized carbons (Fsp3) is 0.278. The molecule has 0 atom stereocenters. The summed E-state index contributed by atoms with van der Waals surface area (Å²) in [4.78, 5) is 11.9. The molecule has 0 fully saturated rings. The van der Waals surface area contributed by atoms with E-state index in [1.54, 1.807) is 12.1 Å². The number of anilines is 1. The van der Waals surface area contributed by atoms with E-state index in [-0.39, 0.29) is 5.56 Å². The van der Waals surface area contributed by atoms with Gasteiger partial charge in [-0.3, -0.25) is 4.79 Å². The number of aryl methyl sites for hydroxylation is 1. The van der Waals surface area contributed by atoms with Crippen molar-refractivity contribution in [3.05, 3.63) is 65.2 Å². The Balaban J connectivity index is 2.02. The minimum atomic E-state index is -4.55. The molecule has 0 heterocycles. The fourth-order valence-electron chi connectivity index (χ4n) is 2.36. The topological polar surface area (TPSA) is 63.2 Å². The second kappa shape index (κ2) is 7.90. The zero-order valence-electron chi connectivity index (χ0n) is 14.0. The Morgan fingerprint density at radius 1 is 1.04 bits per heavy atom. The highest BCUT2D eigenvalue weighted by molar-refractivity contribution is 7.91. The van der Waals surface area contributed by atoms with E-state index in [9.17, 15) is 26.4 Å². The van der Waals surface area contributed by atoms with Gasteiger partial charge in [0.1, 0.15) is 5.75 Å². The van der Waals surface area contributed by atoms with Crippen molar-refractivity contribution < 1.29 is 26.4 Å². The number of hydrogen-bond donors (Lipinski definition) is 1. The van der Waals surface area contributed by atoms with E-state index in [4.69, 9.17) is 0 Å². The summed E-state index contributed by atoms with van der Waals surface area (Å²) in [6, 6.07) is 11.0. The van der Waals surface area contributed by atoms with Gasteiger partial charge in [-0.25, -0.2) is 8.42 Å². The average Bonchev–Trinajstić information content (AvgIpc) is 2.54. The summed E-state index contributed by atoms with van der Waals surface area (Å²) in [6.45, 7) is 1.98. The summed E-state index contributed by atoms with van der Waals surface area (Å²) in [5.41, 5.74) is 0.590. The summed E-state index contributed by atoms with van der Waals surface area (Å²) in [7, 11) is -3.91. The molecule has 2 aromatic rings. The molecule has 0 aliphatic heterocycles. The second-order valence-electron chi connectivity index (χ2n) is 5.83. The molecule has 0 aliphatic carbocycles. The summed E-state index contributed by atoms with van der Waals surface area (Å²) in [5.74, 6) is -2.18. The van der Waals surface area contributed by atoms with Crippen molar-refractivity contribution in [2.24, 2.45) is 0 Å². The number of carbonyl (C=O) groups excluding carboxylic acids is 1. The normalized spacial score (nSPS) is 12.0. The third-order valence-corrected chi connectivity index (χ3v) is 5.11. The molecule has 0 unspecified atom stereocenters. The average molecular weight is 385 g/mol. The monoisotopic (exact) mass is 385 g/mol. The standard InChI is InChI=1S/C18H18F3NO3S/c1-2-13-6-8-16(9-7-13)22-17(23)12-26(24,25)11-14-4-3-5-15(10-14)18(19,20)21/h3-10H,2,11-12H2,1H3,(H,22,23). The van der Waals surface area contributed by atoms with Gasteiger partial charge >= 0.3 is 6.18 Å². The lowest BCUT2D eigenvalue weighted by atomic mass is 10.1. The molecule has 0 saturated carbocycles. The third kappa shape index (κ3) is 5.87. The van der Waals surface area contributed by atoms with Gasteiger partial charge < -0.3 is 5.32 Å². The maximum atomic E-state index is 12.7. The third-order valence-electron chi connectivity index (χ3n) is 3.64. The van der Waals surface area contributed by atoms with Gasteiger partial charge in [-0.1, -0.05) is 37.3 Å². The van der Waals surface area contributed by atoms with Gasteiger partial charge in [0, 0.05) is 5.69 Å². The lowest BCUT2D eigenvalue weighted by Gasteiger charge is -2.10. The highest BCUT2D eigenvalue weighted by Gasteiger charge is 2.30. The fourth-order valence-corrected chi connectivity index (χ4v) is 3.62. The molecule has 140 valence electrons. The Morgan fingerprint density at radius 3 is 2.27 bits per heavy atom. The van der Waals surface area contributed by atoms with E-state index >= 15 is 0 Å². The number of amides is 1. The Labute approximate surface area is 150 Å². The summed E-state index contributed by atoms with van der Waals surface area (Å²) < 4.78 is 62.3. The molecule has 0 spiro atoms. The molecule has 2 rings (SSSR count). The molecule has 8 heteroatoms. The van der Waals surface area contributed by atoms with Crippen LogP contribution in [0.15, 0.2) is 48.5 Å². The van der Waals surface area contributed by atoms with Crippen molar-refractivity contribution in [2.45, 2.75) is 25.3 Å². The van der Waals surface area contributed by atoms with Crippen LogP contribution in [-0.2, 0) is 33.0 Å². The Hall–Kier alpha value is -2.35. The van der Waals surface area contributed by atoms with Gasteiger partial charge in [-0.05, 0) is 35.7 Å². The number of carbonyl (C=O) groups is 1. The van der Waals surface area contributed by atoms with Crippen LogP contribution in [0.5, 0.6) is 0 Å². The van der Waals surface area contributed by atoms with E-state index in [1.165, 1.54) is 6.07 Å². The van der Waals surface area contributed by atoms with E-state index in [1.807, 2.05) is 19.1 Å². The lowest BCUT2D eigenvalue weighted by Crippen LogP contribution is -2.24. The molecule has 1 amide bonds. The first kappa shape index (κ1) is 20.0. The first-order valence-electron chi connectivity index (χ1n) is 7.84. The highest BCUT2D eigenvalue weighted by atomic mass is 32.2. The molecular weight excluding hydrogens is 367 g/mol. The van der Waals surface area contributed by atoms with Crippen LogP contribution in [0, 0.1) is 0 Å². The molecule has 4 nitrogen and oxygen atoms in total. The molecule has 0 aliphatic rings. The summed E-state index contributed by atoms with van der Waals surface area (Å²) >= 11 is 0. The van der Waals surface area contributed by atoms with Crippen molar-refractivity contribution in [3.8, 4) is 0 Å². The SMILES string of the molecule is CCc1ccc(NC(=O)CS(=O)(=O)Cc2cccc(C(F)(F)F)c2)cc1. The van der Waals surface area contributed by atoms with Crippen LogP contribution >= 0.6 is 0 Å². The molecule has 0 aromatic heterocycles. The van der Waals surface area contributed by atoms with Gasteiger partial charge in [0.25, 0.3) is 0 Å². The second-order valence-corrected chi connectivity index (χ2v) is 7.89. The highest BCUT2D eigenvalue weighted by Crippen LogP contribution is 2.29. The number of sulfone groups is 1. The van der Waals surface area contributed by atoms with Gasteiger partial charge in [0.2, 0.25) is 5.91 Å². The van der Waals surface area contributed by atoms with E-state index in [0.717, 1.165) is 30.2 Å². The van der Waals surface area contributed by atoms with Crippen LogP contribution in [-0.4, -0.2) is 20.1 Å². The Kier molecular flexibility index (Phi) is 6.07. The van der Waals surface area contributed by atoms with Crippen molar-refractivity contribution in [2.75, 3.05) is 11.1 Å². The number of hydrogen-bond acceptors (Lipinski definition) is 3. The maximum absolute atomic E-state index is 12.7. The van der Waals surface area contributed by atoms with Crippen LogP contribution in [0.25, 0.3) is 0 Å². The van der Waals surface area contributed by atoms with E-state index in [0.29, 0.717) is 5.69 Å². The zero-order valence-corrected chi connectivity index (χ0v) is 14.8. The van der Waals surface area contributed by atoms with E-state index in [2.05, 4.69) is 5.32 Å². The molecule has 26 heavy (non-hydrogen) atoms. The Morgan fingerprint density at radius 2 is 1.69 bits per heavy atom. The smallest absolute Gasteiger partial charge is 0.325 e. The number of nitrogens with one attached hydrogen (secondary N) is 1. The van der Waals surface area contributed by atoms with Crippen LogP contribution in [0.1, 0.15) is 23.6 Å². The number of alkyl halides is 3. The minimum absolute atomic E-state index is 0.0140. The number of benzene rings is 2. The van der Waals surface area contributed by atoms with Crippen molar-refractivity contribution in [3.63, 3.8) is 0 Å². The zero-order chi connectivity index (χ0) is 19.4. The van der Waals surface area contributed by atoms with E-state index < -0.39 is 39.0 Å². The first-order valence-corrected chi connectivity index (χ1v) is 9.66. The molecule has 1 N–H and O–H groups in total. The van der Waals surface area contributed by atoms with Gasteiger partial charge in [0.05, 0.1) is 11.3 Å². The predicted molar refractivity (Wildman–Crippen MR) is 93.4 cm³/mol. The van der Waals surface area contributed by atoms with Crippen LogP contribution in [0.3, 0.4) is 0 Å². The molecular formula is C18H18F3NO3S. The van der Waals surface area contributed by atoms with Crippen LogP contribution < -0.4 is 5.32 Å². The summed E-state index contributed by atoms with van der Waals surface area (Å²) in [6.07, 6.45) is -3.72. The maximum Gasteiger partial charge on any atom is 0.416 e. The largest absolute Gasteiger partial charge is 0.416 e. The van der Waals surface area contributed by atoms with Gasteiger partial charge in [-0.15, -0.1) is 0 Å². The van der Waals surface area contributed by atoms with Crippen LogP contribution in [0.2, 0.25) is 0 Å². The predicted octanol–water partition coefficient (Wildman–Crippen LogP) is 3.82. The number of halogens is 3. The van der Waals surface area contributed by atoms with Crippen molar-refractivity contribution in [1.29, 1.82) is 0 Å². The molecule has 0 radical (unpaired) electrons. The van der Waals surface area contributed by atoms with Crippen molar-refractivity contribution in [1.82, 2.24) is 0 Å². The lowest BCUT2D eigenvalue weighted by molar-refractivity contribution is -0.137. The molecule has 0 saturated heterocycles. The van der Waals surface area contributed by atoms with Gasteiger partial charge in [-0.2, -0.15) is 13.2 Å². The van der Waals surface area contributed by atoms with Crippen molar-refractivity contribution >= 4 is 21.4 Å². The summed E-state index contributed by atoms with van der Waals surface area (Å²) in [5, 5.41) is 2.47. The van der Waals surface area contributed by atoms with Crippen LogP contribution in [0.4, 0.5) is 18.9 Å². The Bertz CT molecular complexity index is 875. The quantitative estimate of drug-likeness (QED) is 0.822. The molecule has 0 bridgehead atoms. The van der Waals surface area contributed by atoms with Gasteiger partial charge in [0.15, 0.2) is 9.84 Å². The molecule has 2 aromatic carbocycles. The first-order chi connectivity index (χ1) is 12.1.